The van der Waals surface area contributed by atoms with Gasteiger partial charge in [0.15, 0.2) is 11.6 Å². The Balaban J connectivity index is 1.55. The first-order chi connectivity index (χ1) is 19.7. The number of ether oxygens (including phenoxy) is 1. The Labute approximate surface area is 234 Å². The Morgan fingerprint density at radius 1 is 1.12 bits per heavy atom. The van der Waals surface area contributed by atoms with Crippen LogP contribution in [0.3, 0.4) is 0 Å². The lowest BCUT2D eigenvalue weighted by atomic mass is 9.91. The van der Waals surface area contributed by atoms with Gasteiger partial charge in [0.25, 0.3) is 5.91 Å². The number of amides is 1. The fraction of sp³-hybridized carbons (Fsp3) is 0.161. The van der Waals surface area contributed by atoms with E-state index in [1.54, 1.807) is 54.9 Å². The highest BCUT2D eigenvalue weighted by Gasteiger charge is 2.29. The number of hydrogen-bond donors (Lipinski definition) is 2. The Kier molecular flexibility index (Phi) is 6.45. The number of aryl methyl sites for hydroxylation is 2. The lowest BCUT2D eigenvalue weighted by molar-refractivity contribution is -0.112. The average molecular weight is 553 g/mol. The molecule has 8 nitrogen and oxygen atoms in total. The molecule has 0 bridgehead atoms. The number of aromatic nitrogens is 4. The summed E-state index contributed by atoms with van der Waals surface area (Å²) < 4.78 is 39.5. The summed E-state index contributed by atoms with van der Waals surface area (Å²) in [5.74, 6) is -0.579. The number of fused-ring (bicyclic) bond motifs is 2. The van der Waals surface area contributed by atoms with Crippen molar-refractivity contribution in [1.82, 2.24) is 19.5 Å². The third-order valence-corrected chi connectivity index (χ3v) is 7.06. The molecule has 0 spiro atoms. The highest BCUT2D eigenvalue weighted by atomic mass is 19.1. The van der Waals surface area contributed by atoms with Crippen LogP contribution in [0.5, 0.6) is 11.6 Å². The van der Waals surface area contributed by atoms with Crippen molar-refractivity contribution < 1.29 is 18.3 Å². The molecule has 5 aromatic rings. The molecule has 1 aliphatic rings. The maximum absolute atomic E-state index is 16.1. The molecule has 2 N–H and O–H groups in total. The third-order valence-electron chi connectivity index (χ3n) is 7.06. The SMILES string of the molecule is C=C(C)C(=O)Nc1ccc(-c2c3c4c(ncnc4n2C)NCCc2c-3ccc(Oc3cccc(C)n3)c2F)c(F)c1. The number of carbonyl (C=O) groups excluding carboxylic acids is 1. The first-order valence-electron chi connectivity index (χ1n) is 13.0. The van der Waals surface area contributed by atoms with E-state index in [4.69, 9.17) is 4.74 Å². The number of anilines is 2. The molecular formula is C31H26F2N6O2. The van der Waals surface area contributed by atoms with Crippen molar-refractivity contribution in [3.63, 3.8) is 0 Å². The summed E-state index contributed by atoms with van der Waals surface area (Å²) in [7, 11) is 1.78. The van der Waals surface area contributed by atoms with E-state index < -0.39 is 17.5 Å². The fourth-order valence-corrected chi connectivity index (χ4v) is 5.14. The normalized spacial score (nSPS) is 12.2. The molecular weight excluding hydrogens is 526 g/mol. The Morgan fingerprint density at radius 2 is 1.93 bits per heavy atom. The molecule has 6 rings (SSSR count). The van der Waals surface area contributed by atoms with E-state index in [1.165, 1.54) is 12.4 Å². The zero-order valence-electron chi connectivity index (χ0n) is 22.7. The van der Waals surface area contributed by atoms with E-state index >= 15 is 8.78 Å². The first kappa shape index (κ1) is 26.1. The predicted octanol–water partition coefficient (Wildman–Crippen LogP) is 6.56. The van der Waals surface area contributed by atoms with Gasteiger partial charge in [0.2, 0.25) is 5.88 Å². The van der Waals surface area contributed by atoms with Crippen LogP contribution >= 0.6 is 0 Å². The number of carbonyl (C=O) groups is 1. The second-order valence-electron chi connectivity index (χ2n) is 9.93. The van der Waals surface area contributed by atoms with Crippen LogP contribution in [0.1, 0.15) is 18.2 Å². The van der Waals surface area contributed by atoms with E-state index in [-0.39, 0.29) is 17.2 Å². The summed E-state index contributed by atoms with van der Waals surface area (Å²) >= 11 is 0. The fourth-order valence-electron chi connectivity index (χ4n) is 5.14. The van der Waals surface area contributed by atoms with Gasteiger partial charge in [-0.2, -0.15) is 0 Å². The molecule has 1 aliphatic heterocycles. The van der Waals surface area contributed by atoms with Crippen molar-refractivity contribution in [3.05, 3.63) is 89.9 Å². The second kappa shape index (κ2) is 10.1. The molecule has 10 heteroatoms. The van der Waals surface area contributed by atoms with Gasteiger partial charge in [-0.1, -0.05) is 18.7 Å². The van der Waals surface area contributed by atoms with E-state index in [9.17, 15) is 4.79 Å². The smallest absolute Gasteiger partial charge is 0.250 e. The van der Waals surface area contributed by atoms with Crippen molar-refractivity contribution in [1.29, 1.82) is 0 Å². The highest BCUT2D eigenvalue weighted by molar-refractivity contribution is 6.09. The maximum Gasteiger partial charge on any atom is 0.250 e. The number of nitrogens with one attached hydrogen (secondary N) is 2. The lowest BCUT2D eigenvalue weighted by Gasteiger charge is -2.19. The molecule has 0 unspecified atom stereocenters. The Bertz CT molecular complexity index is 1880. The highest BCUT2D eigenvalue weighted by Crippen LogP contribution is 2.46. The van der Waals surface area contributed by atoms with Crippen molar-refractivity contribution in [3.8, 4) is 34.0 Å². The molecule has 0 saturated carbocycles. The molecule has 0 radical (unpaired) electrons. The van der Waals surface area contributed by atoms with Crippen LogP contribution in [0.2, 0.25) is 0 Å². The number of pyridine rings is 1. The van der Waals surface area contributed by atoms with Crippen LogP contribution in [0.15, 0.2) is 67.0 Å². The van der Waals surface area contributed by atoms with Gasteiger partial charge in [0.1, 0.15) is 23.6 Å². The molecule has 0 fully saturated rings. The van der Waals surface area contributed by atoms with E-state index in [1.807, 2.05) is 13.0 Å². The van der Waals surface area contributed by atoms with Crippen LogP contribution in [0.4, 0.5) is 20.3 Å². The maximum atomic E-state index is 16.1. The van der Waals surface area contributed by atoms with Gasteiger partial charge in [-0.25, -0.2) is 23.7 Å². The van der Waals surface area contributed by atoms with Gasteiger partial charge in [-0.05, 0) is 56.2 Å². The minimum atomic E-state index is -0.566. The van der Waals surface area contributed by atoms with Crippen LogP contribution in [0, 0.1) is 18.6 Å². The van der Waals surface area contributed by atoms with Gasteiger partial charge < -0.3 is 19.9 Å². The molecule has 4 heterocycles. The van der Waals surface area contributed by atoms with Crippen LogP contribution < -0.4 is 15.4 Å². The molecule has 1 amide bonds. The molecule has 206 valence electrons. The van der Waals surface area contributed by atoms with Crippen molar-refractivity contribution in [2.45, 2.75) is 20.3 Å². The molecule has 41 heavy (non-hydrogen) atoms. The summed E-state index contributed by atoms with van der Waals surface area (Å²) in [6.07, 6.45) is 1.77. The van der Waals surface area contributed by atoms with Crippen molar-refractivity contribution in [2.24, 2.45) is 7.05 Å². The van der Waals surface area contributed by atoms with Gasteiger partial charge in [-0.3, -0.25) is 4.79 Å². The number of halogens is 2. The van der Waals surface area contributed by atoms with E-state index in [0.717, 1.165) is 5.69 Å². The second-order valence-corrected chi connectivity index (χ2v) is 9.93. The van der Waals surface area contributed by atoms with Crippen molar-refractivity contribution >= 4 is 28.4 Å². The lowest BCUT2D eigenvalue weighted by Crippen LogP contribution is -2.12. The van der Waals surface area contributed by atoms with E-state index in [2.05, 4.69) is 32.2 Å². The van der Waals surface area contributed by atoms with Crippen molar-refractivity contribution in [2.75, 3.05) is 17.2 Å². The summed E-state index contributed by atoms with van der Waals surface area (Å²) in [5, 5.41) is 6.58. The summed E-state index contributed by atoms with van der Waals surface area (Å²) in [4.78, 5) is 25.3. The third kappa shape index (κ3) is 4.57. The minimum Gasteiger partial charge on any atom is -0.436 e. The zero-order valence-corrected chi connectivity index (χ0v) is 22.7. The minimum absolute atomic E-state index is 0.0458. The van der Waals surface area contributed by atoms with E-state index in [0.29, 0.717) is 63.5 Å². The van der Waals surface area contributed by atoms with Crippen LogP contribution in [0.25, 0.3) is 33.4 Å². The van der Waals surface area contributed by atoms with Crippen LogP contribution in [-0.2, 0) is 18.3 Å². The number of benzene rings is 2. The first-order valence-corrected chi connectivity index (χ1v) is 13.0. The summed E-state index contributed by atoms with van der Waals surface area (Å²) in [5.41, 5.74) is 4.26. The Morgan fingerprint density at radius 3 is 2.68 bits per heavy atom. The molecule has 0 aliphatic carbocycles. The largest absolute Gasteiger partial charge is 0.436 e. The van der Waals surface area contributed by atoms with Gasteiger partial charge in [0, 0.05) is 53.3 Å². The molecule has 3 aromatic heterocycles. The zero-order chi connectivity index (χ0) is 28.8. The standard InChI is InChI=1S/C31H26F2N6O2/c1-16(2)31(40)38-18-8-9-21(22(32)14-18)28-25-19-10-11-23(41-24-7-5-6-17(3)37-24)27(33)20(19)12-13-34-29-26(25)30(39(28)4)36-15-35-29/h5-11,14-15H,1,12-13H2,2-4H3,(H,38,40)(H,34,35,36). The quantitative estimate of drug-likeness (QED) is 0.240. The van der Waals surface area contributed by atoms with Gasteiger partial charge >= 0.3 is 0 Å². The predicted molar refractivity (Wildman–Crippen MR) is 154 cm³/mol. The summed E-state index contributed by atoms with van der Waals surface area (Å²) in [6, 6.07) is 13.1. The van der Waals surface area contributed by atoms with Gasteiger partial charge in [-0.15, -0.1) is 0 Å². The Hall–Kier alpha value is -5.12. The average Bonchev–Trinajstić information content (AvgIpc) is 3.22. The van der Waals surface area contributed by atoms with Gasteiger partial charge in [0.05, 0.1) is 11.1 Å². The molecule has 0 saturated heterocycles. The monoisotopic (exact) mass is 552 g/mol. The topological polar surface area (TPSA) is 94.0 Å². The molecule has 0 atom stereocenters. The van der Waals surface area contributed by atoms with Crippen LogP contribution in [-0.4, -0.2) is 32.0 Å². The number of nitrogens with zero attached hydrogens (tertiary/aromatic N) is 4. The molecule has 2 aromatic carbocycles. The number of rotatable bonds is 5. The summed E-state index contributed by atoms with van der Waals surface area (Å²) in [6.45, 7) is 7.44. The number of hydrogen-bond acceptors (Lipinski definition) is 6.